The maximum Gasteiger partial charge on any atom is 2.00 e. The van der Waals surface area contributed by atoms with Crippen molar-refractivity contribution in [2.75, 3.05) is 19.8 Å². The number of aliphatic hydroxyl groups is 1. The first-order chi connectivity index (χ1) is 3.91. The second kappa shape index (κ2) is 11.9. The minimum absolute atomic E-state index is 0. The van der Waals surface area contributed by atoms with Crippen molar-refractivity contribution in [2.24, 2.45) is 0 Å². The van der Waals surface area contributed by atoms with Gasteiger partial charge in [-0.25, -0.2) is 0 Å². The smallest absolute Gasteiger partial charge is 1.00 e. The SMILES string of the molecule is CCCCOCCO.[Ca+2].[H-].[H-]. The van der Waals surface area contributed by atoms with E-state index in [0.717, 1.165) is 19.4 Å². The first-order valence-electron chi connectivity index (χ1n) is 3.10. The average molecular weight is 160 g/mol. The molecule has 54 valence electrons. The summed E-state index contributed by atoms with van der Waals surface area (Å²) in [6.07, 6.45) is 2.26. The summed E-state index contributed by atoms with van der Waals surface area (Å²) in [5.74, 6) is 0. The molecule has 0 aliphatic heterocycles. The van der Waals surface area contributed by atoms with E-state index in [1.54, 1.807) is 0 Å². The van der Waals surface area contributed by atoms with Crippen LogP contribution in [0.4, 0.5) is 0 Å². The molecular weight excluding hydrogens is 144 g/mol. The van der Waals surface area contributed by atoms with Crippen LogP contribution in [0.15, 0.2) is 0 Å². The average Bonchev–Trinajstić information content (AvgIpc) is 1.81. The molecule has 1 N–H and O–H groups in total. The van der Waals surface area contributed by atoms with Crippen LogP contribution in [-0.4, -0.2) is 62.7 Å². The largest absolute Gasteiger partial charge is 2.00 e. The van der Waals surface area contributed by atoms with Gasteiger partial charge in [0.05, 0.1) is 13.2 Å². The Morgan fingerprint density at radius 3 is 2.56 bits per heavy atom. The van der Waals surface area contributed by atoms with E-state index in [2.05, 4.69) is 6.92 Å². The molecule has 2 nitrogen and oxygen atoms in total. The molecule has 0 rings (SSSR count). The zero-order valence-electron chi connectivity index (χ0n) is 8.10. The molecule has 0 atom stereocenters. The first-order valence-corrected chi connectivity index (χ1v) is 3.10. The number of unbranched alkanes of at least 4 members (excludes halogenated alkanes) is 1. The molecule has 0 aromatic heterocycles. The van der Waals surface area contributed by atoms with Crippen molar-refractivity contribution < 1.29 is 12.7 Å². The maximum absolute atomic E-state index is 8.24. The molecule has 0 spiro atoms. The van der Waals surface area contributed by atoms with Crippen molar-refractivity contribution in [3.63, 3.8) is 0 Å². The number of rotatable bonds is 5. The van der Waals surface area contributed by atoms with Crippen LogP contribution >= 0.6 is 0 Å². The fraction of sp³-hybridized carbons (Fsp3) is 1.00. The van der Waals surface area contributed by atoms with Gasteiger partial charge in [-0.05, 0) is 6.42 Å². The van der Waals surface area contributed by atoms with Crippen LogP contribution < -0.4 is 0 Å². The Balaban J connectivity index is -0.0000000817. The number of aliphatic hydroxyl groups excluding tert-OH is 1. The van der Waals surface area contributed by atoms with Gasteiger partial charge in [0.2, 0.25) is 0 Å². The van der Waals surface area contributed by atoms with Crippen LogP contribution in [0.3, 0.4) is 0 Å². The fourth-order valence-corrected chi connectivity index (χ4v) is 0.413. The van der Waals surface area contributed by atoms with Crippen LogP contribution in [-0.2, 0) is 4.74 Å². The predicted octanol–water partition coefficient (Wildman–Crippen LogP) is 0.640. The summed E-state index contributed by atoms with van der Waals surface area (Å²) in [5.41, 5.74) is 0. The van der Waals surface area contributed by atoms with Crippen LogP contribution in [0.5, 0.6) is 0 Å². The van der Waals surface area contributed by atoms with Gasteiger partial charge in [-0.15, -0.1) is 0 Å². The molecule has 0 aliphatic carbocycles. The van der Waals surface area contributed by atoms with Gasteiger partial charge < -0.3 is 12.7 Å². The Morgan fingerprint density at radius 1 is 1.44 bits per heavy atom. The zero-order chi connectivity index (χ0) is 6.24. The Morgan fingerprint density at radius 2 is 2.11 bits per heavy atom. The molecule has 0 radical (unpaired) electrons. The third-order valence-electron chi connectivity index (χ3n) is 0.878. The molecule has 0 aromatic carbocycles. The van der Waals surface area contributed by atoms with E-state index in [1.807, 2.05) is 0 Å². The Hall–Kier alpha value is 1.18. The third kappa shape index (κ3) is 12.4. The quantitative estimate of drug-likeness (QED) is 0.472. The third-order valence-corrected chi connectivity index (χ3v) is 0.878. The topological polar surface area (TPSA) is 29.5 Å². The molecule has 0 aliphatic rings. The van der Waals surface area contributed by atoms with Gasteiger partial charge in [0.15, 0.2) is 0 Å². The molecule has 3 heteroatoms. The van der Waals surface area contributed by atoms with Gasteiger partial charge >= 0.3 is 37.7 Å². The second-order valence-electron chi connectivity index (χ2n) is 1.69. The Bertz CT molecular complexity index is 43.6. The van der Waals surface area contributed by atoms with E-state index in [0.29, 0.717) is 6.61 Å². The molecule has 0 saturated carbocycles. The first kappa shape index (κ1) is 12.8. The monoisotopic (exact) mass is 160 g/mol. The predicted molar refractivity (Wildman–Crippen MR) is 40.8 cm³/mol. The van der Waals surface area contributed by atoms with Crippen LogP contribution in [0.25, 0.3) is 0 Å². The van der Waals surface area contributed by atoms with Crippen LogP contribution in [0, 0.1) is 0 Å². The standard InChI is InChI=1S/C6H14O2.Ca.2H/c1-2-3-5-8-6-4-7;;;/h7H,2-6H2,1H3;;;/q;+2;2*-1. The van der Waals surface area contributed by atoms with Gasteiger partial charge in [0.1, 0.15) is 0 Å². The van der Waals surface area contributed by atoms with Crippen molar-refractivity contribution in [1.29, 1.82) is 0 Å². The molecule has 0 unspecified atom stereocenters. The van der Waals surface area contributed by atoms with Crippen molar-refractivity contribution in [2.45, 2.75) is 19.8 Å². The maximum atomic E-state index is 8.24. The molecule has 0 saturated heterocycles. The van der Waals surface area contributed by atoms with Crippen LogP contribution in [0.1, 0.15) is 22.6 Å². The zero-order valence-corrected chi connectivity index (χ0v) is 8.31. The molecule has 9 heavy (non-hydrogen) atoms. The Kier molecular flexibility index (Phi) is 17.0. The van der Waals surface area contributed by atoms with Crippen molar-refractivity contribution in [3.05, 3.63) is 0 Å². The van der Waals surface area contributed by atoms with Gasteiger partial charge in [-0.2, -0.15) is 0 Å². The molecule has 0 bridgehead atoms. The number of hydrogen-bond donors (Lipinski definition) is 1. The van der Waals surface area contributed by atoms with E-state index < -0.39 is 0 Å². The minimum Gasteiger partial charge on any atom is -1.00 e. The van der Waals surface area contributed by atoms with E-state index in [4.69, 9.17) is 9.84 Å². The van der Waals surface area contributed by atoms with Gasteiger partial charge in [0.25, 0.3) is 0 Å². The number of hydrogen-bond acceptors (Lipinski definition) is 2. The molecule has 0 aromatic rings. The minimum atomic E-state index is 0. The summed E-state index contributed by atoms with van der Waals surface area (Å²) in [6, 6.07) is 0. The van der Waals surface area contributed by atoms with E-state index in [9.17, 15) is 0 Å². The molecule has 0 amide bonds. The Labute approximate surface area is 89.6 Å². The van der Waals surface area contributed by atoms with Gasteiger partial charge in [0, 0.05) is 6.61 Å². The van der Waals surface area contributed by atoms with E-state index >= 15 is 0 Å². The second-order valence-corrected chi connectivity index (χ2v) is 1.69. The summed E-state index contributed by atoms with van der Waals surface area (Å²) >= 11 is 0. The number of ether oxygens (including phenoxy) is 1. The van der Waals surface area contributed by atoms with E-state index in [1.165, 1.54) is 0 Å². The van der Waals surface area contributed by atoms with Crippen molar-refractivity contribution in [3.8, 4) is 0 Å². The summed E-state index contributed by atoms with van der Waals surface area (Å²) in [7, 11) is 0. The summed E-state index contributed by atoms with van der Waals surface area (Å²) in [4.78, 5) is 0. The summed E-state index contributed by atoms with van der Waals surface area (Å²) < 4.78 is 4.97. The van der Waals surface area contributed by atoms with Gasteiger partial charge in [-0.3, -0.25) is 0 Å². The van der Waals surface area contributed by atoms with Crippen molar-refractivity contribution >= 4 is 37.7 Å². The molecular formula is C6H16CaO2. The normalized spacial score (nSPS) is 8.67. The summed E-state index contributed by atoms with van der Waals surface area (Å²) in [6.45, 7) is 3.53. The van der Waals surface area contributed by atoms with Crippen LogP contribution in [0.2, 0.25) is 0 Å². The molecule has 0 heterocycles. The van der Waals surface area contributed by atoms with Crippen molar-refractivity contribution in [1.82, 2.24) is 0 Å². The summed E-state index contributed by atoms with van der Waals surface area (Å²) in [5, 5.41) is 8.24. The fourth-order valence-electron chi connectivity index (χ4n) is 0.413. The van der Waals surface area contributed by atoms with E-state index in [-0.39, 0.29) is 47.2 Å². The van der Waals surface area contributed by atoms with Gasteiger partial charge in [-0.1, -0.05) is 13.3 Å². The molecule has 0 fully saturated rings.